The second kappa shape index (κ2) is 10.6. The van der Waals surface area contributed by atoms with Crippen LogP contribution in [0.15, 0.2) is 62.6 Å². The van der Waals surface area contributed by atoms with E-state index in [1.165, 1.54) is 21.0 Å². The highest BCUT2D eigenvalue weighted by atomic mass is 32.2. The lowest BCUT2D eigenvalue weighted by atomic mass is 10.0. The largest absolute Gasteiger partial charge is 0.420 e. The lowest BCUT2D eigenvalue weighted by Gasteiger charge is -2.19. The van der Waals surface area contributed by atoms with E-state index in [-0.39, 0.29) is 29.0 Å². The van der Waals surface area contributed by atoms with Crippen molar-refractivity contribution in [1.82, 2.24) is 14.2 Å². The summed E-state index contributed by atoms with van der Waals surface area (Å²) in [5, 5.41) is 2.99. The standard InChI is InChI=1S/C25H31N3O5S/c1-2-20(16-19-10-6-5-7-11-19)26-24(29)18-28-22-13-12-21(17-23(22)33-25(28)30)34(31,32)27-14-8-3-4-9-15-27/h5-7,10-13,17,20H,2-4,8-9,14-16,18H2,1H3,(H,26,29)/t20-/m0/s1. The van der Waals surface area contributed by atoms with Crippen molar-refractivity contribution < 1.29 is 17.6 Å². The average molecular weight is 486 g/mol. The summed E-state index contributed by atoms with van der Waals surface area (Å²) in [5.41, 5.74) is 1.68. The zero-order valence-electron chi connectivity index (χ0n) is 19.4. The topological polar surface area (TPSA) is 102 Å². The third-order valence-electron chi connectivity index (χ3n) is 6.33. The molecule has 2 heterocycles. The number of amides is 1. The molecular formula is C25H31N3O5S. The van der Waals surface area contributed by atoms with Crippen LogP contribution in [0.1, 0.15) is 44.6 Å². The van der Waals surface area contributed by atoms with Gasteiger partial charge in [0.25, 0.3) is 0 Å². The lowest BCUT2D eigenvalue weighted by Crippen LogP contribution is -2.39. The van der Waals surface area contributed by atoms with E-state index in [4.69, 9.17) is 4.42 Å². The Morgan fingerprint density at radius 3 is 2.44 bits per heavy atom. The van der Waals surface area contributed by atoms with Crippen LogP contribution >= 0.6 is 0 Å². The number of benzene rings is 2. The summed E-state index contributed by atoms with van der Waals surface area (Å²) in [4.78, 5) is 25.3. The quantitative estimate of drug-likeness (QED) is 0.528. The number of hydrogen-bond donors (Lipinski definition) is 1. The van der Waals surface area contributed by atoms with Crippen LogP contribution in [0.5, 0.6) is 0 Å². The van der Waals surface area contributed by atoms with Crippen LogP contribution in [-0.2, 0) is 27.8 Å². The first kappa shape index (κ1) is 24.2. The van der Waals surface area contributed by atoms with Gasteiger partial charge in [0.2, 0.25) is 15.9 Å². The molecule has 8 nitrogen and oxygen atoms in total. The van der Waals surface area contributed by atoms with Crippen molar-refractivity contribution in [3.05, 3.63) is 64.6 Å². The van der Waals surface area contributed by atoms with Gasteiger partial charge in [0, 0.05) is 25.2 Å². The second-order valence-corrected chi connectivity index (χ2v) is 10.7. The molecule has 0 saturated carbocycles. The Balaban J connectivity index is 1.50. The van der Waals surface area contributed by atoms with Crippen LogP contribution in [0.2, 0.25) is 0 Å². The zero-order valence-corrected chi connectivity index (χ0v) is 20.2. The van der Waals surface area contributed by atoms with Crippen LogP contribution in [0.25, 0.3) is 11.1 Å². The SMILES string of the molecule is CC[C@@H](Cc1ccccc1)NC(=O)Cn1c(=O)oc2cc(S(=O)(=O)N3CCCCCC3)ccc21. The van der Waals surface area contributed by atoms with Gasteiger partial charge in [0.05, 0.1) is 10.4 Å². The first-order valence-corrected chi connectivity index (χ1v) is 13.3. The maximum absolute atomic E-state index is 13.1. The van der Waals surface area contributed by atoms with Gasteiger partial charge in [-0.15, -0.1) is 0 Å². The molecule has 2 aromatic carbocycles. The van der Waals surface area contributed by atoms with E-state index in [1.54, 1.807) is 6.07 Å². The maximum Gasteiger partial charge on any atom is 0.420 e. The monoisotopic (exact) mass is 485 g/mol. The average Bonchev–Trinajstić information content (AvgIpc) is 2.99. The summed E-state index contributed by atoms with van der Waals surface area (Å²) in [6.07, 6.45) is 5.17. The number of rotatable bonds is 8. The molecule has 9 heteroatoms. The van der Waals surface area contributed by atoms with Crippen molar-refractivity contribution in [2.75, 3.05) is 13.1 Å². The molecule has 1 aromatic heterocycles. The fraction of sp³-hybridized carbons (Fsp3) is 0.440. The Morgan fingerprint density at radius 1 is 1.06 bits per heavy atom. The molecule has 1 N–H and O–H groups in total. The number of nitrogens with one attached hydrogen (secondary N) is 1. The number of aromatic nitrogens is 1. The highest BCUT2D eigenvalue weighted by Crippen LogP contribution is 2.24. The minimum Gasteiger partial charge on any atom is -0.408 e. The molecule has 1 aliphatic heterocycles. The van der Waals surface area contributed by atoms with E-state index in [1.807, 2.05) is 37.3 Å². The molecule has 1 saturated heterocycles. The summed E-state index contributed by atoms with van der Waals surface area (Å²) in [6, 6.07) is 14.2. The molecule has 182 valence electrons. The Hall–Kier alpha value is -2.91. The molecule has 1 amide bonds. The Kier molecular flexibility index (Phi) is 7.53. The normalized spacial score (nSPS) is 16.3. The predicted octanol–water partition coefficient (Wildman–Crippen LogP) is 3.30. The molecule has 1 aliphatic rings. The van der Waals surface area contributed by atoms with Crippen LogP contribution in [0.4, 0.5) is 0 Å². The van der Waals surface area contributed by atoms with E-state index in [0.29, 0.717) is 25.0 Å². The Bertz CT molecular complexity index is 1290. The summed E-state index contributed by atoms with van der Waals surface area (Å²) in [6.45, 7) is 2.79. The Morgan fingerprint density at radius 2 is 1.76 bits per heavy atom. The number of sulfonamides is 1. The number of carbonyl (C=O) groups is 1. The van der Waals surface area contributed by atoms with Gasteiger partial charge in [0.15, 0.2) is 5.58 Å². The number of hydrogen-bond acceptors (Lipinski definition) is 5. The minimum atomic E-state index is -3.67. The van der Waals surface area contributed by atoms with Crippen molar-refractivity contribution >= 4 is 27.0 Å². The van der Waals surface area contributed by atoms with Gasteiger partial charge >= 0.3 is 5.76 Å². The highest BCUT2D eigenvalue weighted by Gasteiger charge is 2.26. The summed E-state index contributed by atoms with van der Waals surface area (Å²) >= 11 is 0. The molecule has 1 fully saturated rings. The number of oxazole rings is 1. The molecule has 0 bridgehead atoms. The minimum absolute atomic E-state index is 0.0610. The van der Waals surface area contributed by atoms with E-state index in [0.717, 1.165) is 37.7 Å². The fourth-order valence-electron chi connectivity index (χ4n) is 4.40. The Labute approximate surface area is 199 Å². The molecular weight excluding hydrogens is 454 g/mol. The van der Waals surface area contributed by atoms with Crippen molar-refractivity contribution in [2.24, 2.45) is 0 Å². The third kappa shape index (κ3) is 5.42. The van der Waals surface area contributed by atoms with Gasteiger partial charge < -0.3 is 9.73 Å². The molecule has 0 unspecified atom stereocenters. The van der Waals surface area contributed by atoms with Crippen LogP contribution in [-0.4, -0.2) is 42.3 Å². The maximum atomic E-state index is 13.1. The van der Waals surface area contributed by atoms with Crippen molar-refractivity contribution in [3.8, 4) is 0 Å². The van der Waals surface area contributed by atoms with Crippen molar-refractivity contribution in [1.29, 1.82) is 0 Å². The highest BCUT2D eigenvalue weighted by molar-refractivity contribution is 7.89. The van der Waals surface area contributed by atoms with Crippen LogP contribution in [0.3, 0.4) is 0 Å². The van der Waals surface area contributed by atoms with Gasteiger partial charge in [-0.3, -0.25) is 9.36 Å². The van der Waals surface area contributed by atoms with Gasteiger partial charge in [-0.1, -0.05) is 50.1 Å². The first-order valence-electron chi connectivity index (χ1n) is 11.9. The van der Waals surface area contributed by atoms with Crippen LogP contribution in [0, 0.1) is 0 Å². The first-order chi connectivity index (χ1) is 16.4. The molecule has 3 aromatic rings. The van der Waals surface area contributed by atoms with Gasteiger partial charge in [-0.2, -0.15) is 4.31 Å². The fourth-order valence-corrected chi connectivity index (χ4v) is 5.93. The summed E-state index contributed by atoms with van der Waals surface area (Å²) in [7, 11) is -3.67. The van der Waals surface area contributed by atoms with Crippen molar-refractivity contribution in [2.45, 2.75) is 62.9 Å². The smallest absolute Gasteiger partial charge is 0.408 e. The van der Waals surface area contributed by atoms with E-state index in [9.17, 15) is 18.0 Å². The van der Waals surface area contributed by atoms with E-state index >= 15 is 0 Å². The van der Waals surface area contributed by atoms with Gasteiger partial charge in [-0.25, -0.2) is 13.2 Å². The molecule has 0 aliphatic carbocycles. The third-order valence-corrected chi connectivity index (χ3v) is 8.22. The van der Waals surface area contributed by atoms with Crippen LogP contribution < -0.4 is 11.1 Å². The number of carbonyl (C=O) groups excluding carboxylic acids is 1. The molecule has 1 atom stereocenters. The molecule has 34 heavy (non-hydrogen) atoms. The lowest BCUT2D eigenvalue weighted by molar-refractivity contribution is -0.122. The summed E-state index contributed by atoms with van der Waals surface area (Å²) < 4.78 is 34.2. The van der Waals surface area contributed by atoms with Gasteiger partial charge in [-0.05, 0) is 43.4 Å². The molecule has 4 rings (SSSR count). The number of nitrogens with zero attached hydrogens (tertiary/aromatic N) is 2. The molecule has 0 spiro atoms. The summed E-state index contributed by atoms with van der Waals surface area (Å²) in [5.74, 6) is -0.987. The van der Waals surface area contributed by atoms with Gasteiger partial charge in [0.1, 0.15) is 6.54 Å². The second-order valence-electron chi connectivity index (χ2n) is 8.76. The zero-order chi connectivity index (χ0) is 24.1. The van der Waals surface area contributed by atoms with Crippen molar-refractivity contribution in [3.63, 3.8) is 0 Å². The number of fused-ring (bicyclic) bond motifs is 1. The molecule has 0 radical (unpaired) electrons. The van der Waals surface area contributed by atoms with E-state index in [2.05, 4.69) is 5.32 Å². The predicted molar refractivity (Wildman–Crippen MR) is 130 cm³/mol. The van der Waals surface area contributed by atoms with E-state index < -0.39 is 15.8 Å².